The van der Waals surface area contributed by atoms with Crippen LogP contribution < -0.4 is 69.3 Å². The van der Waals surface area contributed by atoms with E-state index in [1.165, 1.54) is 0 Å². The first kappa shape index (κ1) is 19.2. The van der Waals surface area contributed by atoms with E-state index < -0.39 is 17.4 Å². The first-order valence-corrected chi connectivity index (χ1v) is 4.68. The van der Waals surface area contributed by atoms with Crippen LogP contribution in [0.2, 0.25) is 0 Å². The second-order valence-corrected chi connectivity index (χ2v) is 3.72. The van der Waals surface area contributed by atoms with Gasteiger partial charge in [0.15, 0.2) is 0 Å². The molecule has 0 aromatic rings. The minimum absolute atomic E-state index is 0. The van der Waals surface area contributed by atoms with Crippen LogP contribution in [0.25, 0.3) is 0 Å². The van der Waals surface area contributed by atoms with E-state index in [1.54, 1.807) is 4.90 Å². The van der Waals surface area contributed by atoms with Crippen LogP contribution in [0.4, 0.5) is 0 Å². The van der Waals surface area contributed by atoms with Gasteiger partial charge in [0.1, 0.15) is 0 Å². The van der Waals surface area contributed by atoms with E-state index in [4.69, 9.17) is 0 Å². The van der Waals surface area contributed by atoms with Gasteiger partial charge < -0.3 is 24.7 Å². The number of rotatable bonds is 5. The molecule has 1 heterocycles. The summed E-state index contributed by atoms with van der Waals surface area (Å²) in [5.74, 6) is -3.07. The zero-order valence-electron chi connectivity index (χ0n) is 10.1. The Hall–Kier alpha value is 0.900. The predicted octanol–water partition coefficient (Wildman–Crippen LogP) is -8.40. The summed E-state index contributed by atoms with van der Waals surface area (Å²) in [5.41, 5.74) is -1.77. The van der Waals surface area contributed by atoms with Crippen molar-refractivity contribution in [3.05, 3.63) is 0 Å². The van der Waals surface area contributed by atoms with Gasteiger partial charge >= 0.3 is 59.1 Å². The molecule has 1 aliphatic heterocycles. The van der Waals surface area contributed by atoms with Gasteiger partial charge in [-0.1, -0.05) is 13.3 Å². The Morgan fingerprint density at radius 3 is 1.94 bits per heavy atom. The molecule has 1 fully saturated rings. The third-order valence-electron chi connectivity index (χ3n) is 2.60. The molecule has 0 aromatic carbocycles. The monoisotopic (exact) mass is 245 g/mol. The summed E-state index contributed by atoms with van der Waals surface area (Å²) < 4.78 is 0. The molecule has 0 spiro atoms. The summed E-state index contributed by atoms with van der Waals surface area (Å²) in [4.78, 5) is 23.0. The first-order valence-electron chi connectivity index (χ1n) is 4.68. The van der Waals surface area contributed by atoms with E-state index in [0.717, 1.165) is 19.4 Å². The average Bonchev–Trinajstić information content (AvgIpc) is 2.00. The summed E-state index contributed by atoms with van der Waals surface area (Å²) in [7, 11) is 0. The summed E-state index contributed by atoms with van der Waals surface area (Å²) in [5, 5.41) is 21.2. The van der Waals surface area contributed by atoms with Crippen molar-refractivity contribution in [1.29, 1.82) is 0 Å². The minimum Gasteiger partial charge on any atom is -0.549 e. The van der Waals surface area contributed by atoms with Gasteiger partial charge in [-0.3, -0.25) is 0 Å². The van der Waals surface area contributed by atoms with Crippen molar-refractivity contribution in [3.63, 3.8) is 0 Å². The van der Waals surface area contributed by atoms with Gasteiger partial charge in [-0.15, -0.1) is 0 Å². The molecule has 0 unspecified atom stereocenters. The fraction of sp³-hybridized carbons (Fsp3) is 0.778. The smallest absolute Gasteiger partial charge is 0.549 e. The van der Waals surface area contributed by atoms with Gasteiger partial charge in [0.25, 0.3) is 0 Å². The molecule has 0 aliphatic carbocycles. The maximum absolute atomic E-state index is 10.6. The van der Waals surface area contributed by atoms with Crippen molar-refractivity contribution in [3.8, 4) is 0 Å². The molecule has 0 saturated carbocycles. The summed E-state index contributed by atoms with van der Waals surface area (Å²) in [6.07, 6.45) is 1.94. The zero-order chi connectivity index (χ0) is 10.8. The van der Waals surface area contributed by atoms with E-state index in [0.29, 0.717) is 0 Å². The normalized spacial score (nSPS) is 17.6. The van der Waals surface area contributed by atoms with Crippen molar-refractivity contribution >= 4 is 11.9 Å². The summed E-state index contributed by atoms with van der Waals surface area (Å²) in [6.45, 7) is 2.78. The average molecular weight is 245 g/mol. The second kappa shape index (κ2) is 8.08. The molecule has 0 N–H and O–H groups in total. The molecule has 1 aliphatic rings. The van der Waals surface area contributed by atoms with Gasteiger partial charge in [0.05, 0.1) is 17.4 Å². The molecule has 0 atom stereocenters. The third-order valence-corrected chi connectivity index (χ3v) is 2.60. The Balaban J connectivity index is 0. The minimum atomic E-state index is -1.77. The van der Waals surface area contributed by atoms with Gasteiger partial charge in [0.2, 0.25) is 0 Å². The van der Waals surface area contributed by atoms with E-state index in [1.807, 2.05) is 6.92 Å². The number of nitrogens with zero attached hydrogens (tertiary/aromatic N) is 1. The van der Waals surface area contributed by atoms with Gasteiger partial charge in [-0.25, -0.2) is 0 Å². The van der Waals surface area contributed by atoms with Crippen LogP contribution >= 0.6 is 0 Å². The third kappa shape index (κ3) is 3.98. The SMILES string of the molecule is CCCCN1CC(C(=O)[O-])(C(=O)[O-])C1.[Na+].[Na+]. The molecule has 1 saturated heterocycles. The number of hydrogen-bond donors (Lipinski definition) is 0. The van der Waals surface area contributed by atoms with Gasteiger partial charge in [-0.05, 0) is 13.0 Å². The zero-order valence-corrected chi connectivity index (χ0v) is 14.1. The number of carbonyl (C=O) groups excluding carboxylic acids is 2. The Labute approximate surface area is 139 Å². The van der Waals surface area contributed by atoms with E-state index in [2.05, 4.69) is 0 Å². The standard InChI is InChI=1S/C9H15NO4.2Na/c1-2-3-4-10-5-9(6-10,7(11)12)8(13)14;;/h2-6H2,1H3,(H,11,12)(H,13,14);;/q;2*+1/p-2. The van der Waals surface area contributed by atoms with E-state index >= 15 is 0 Å². The van der Waals surface area contributed by atoms with Crippen molar-refractivity contribution in [2.24, 2.45) is 5.41 Å². The van der Waals surface area contributed by atoms with Crippen molar-refractivity contribution in [2.75, 3.05) is 19.6 Å². The van der Waals surface area contributed by atoms with Crippen molar-refractivity contribution < 1.29 is 78.9 Å². The molecule has 0 aromatic heterocycles. The number of carboxylic acids is 2. The quantitative estimate of drug-likeness (QED) is 0.355. The number of carbonyl (C=O) groups is 2. The van der Waals surface area contributed by atoms with Crippen LogP contribution in [-0.4, -0.2) is 36.5 Å². The van der Waals surface area contributed by atoms with Crippen LogP contribution in [0.1, 0.15) is 19.8 Å². The maximum atomic E-state index is 10.6. The number of aliphatic carboxylic acids is 2. The van der Waals surface area contributed by atoms with Gasteiger partial charge in [-0.2, -0.15) is 0 Å². The second-order valence-electron chi connectivity index (χ2n) is 3.72. The van der Waals surface area contributed by atoms with Crippen LogP contribution in [0.5, 0.6) is 0 Å². The molecule has 16 heavy (non-hydrogen) atoms. The number of carboxylic acid groups (broad SMARTS) is 2. The summed E-state index contributed by atoms with van der Waals surface area (Å²) in [6, 6.07) is 0. The van der Waals surface area contributed by atoms with Gasteiger partial charge in [0, 0.05) is 13.1 Å². The Morgan fingerprint density at radius 1 is 1.19 bits per heavy atom. The predicted molar refractivity (Wildman–Crippen MR) is 43.8 cm³/mol. The Bertz CT molecular complexity index is 238. The number of hydrogen-bond acceptors (Lipinski definition) is 5. The fourth-order valence-electron chi connectivity index (χ4n) is 1.60. The summed E-state index contributed by atoms with van der Waals surface area (Å²) >= 11 is 0. The number of likely N-dealkylation sites (tertiary alicyclic amines) is 1. The largest absolute Gasteiger partial charge is 1.00 e. The number of unbranched alkanes of at least 4 members (excludes halogenated alkanes) is 1. The van der Waals surface area contributed by atoms with E-state index in [9.17, 15) is 19.8 Å². The topological polar surface area (TPSA) is 83.5 Å². The van der Waals surface area contributed by atoms with Crippen LogP contribution in [0, 0.1) is 5.41 Å². The molecule has 0 amide bonds. The molecular formula is C9H13NNa2O4. The molecule has 5 nitrogen and oxygen atoms in total. The molecule has 1 rings (SSSR count). The van der Waals surface area contributed by atoms with Crippen molar-refractivity contribution in [2.45, 2.75) is 19.8 Å². The molecule has 80 valence electrons. The maximum Gasteiger partial charge on any atom is 1.00 e. The molecule has 0 bridgehead atoms. The Kier molecular flexibility index (Phi) is 9.72. The van der Waals surface area contributed by atoms with E-state index in [-0.39, 0.29) is 72.2 Å². The fourth-order valence-corrected chi connectivity index (χ4v) is 1.60. The molecular weight excluding hydrogens is 232 g/mol. The first-order chi connectivity index (χ1) is 6.53. The molecule has 0 radical (unpaired) electrons. The van der Waals surface area contributed by atoms with Crippen LogP contribution in [0.15, 0.2) is 0 Å². The Morgan fingerprint density at radius 2 is 1.62 bits per heavy atom. The van der Waals surface area contributed by atoms with Crippen LogP contribution in [0.3, 0.4) is 0 Å². The molecule has 7 heteroatoms. The van der Waals surface area contributed by atoms with Crippen molar-refractivity contribution in [1.82, 2.24) is 4.90 Å². The van der Waals surface area contributed by atoms with Crippen LogP contribution in [-0.2, 0) is 9.59 Å².